The van der Waals surface area contributed by atoms with Gasteiger partial charge in [0.15, 0.2) is 0 Å². The second-order valence-corrected chi connectivity index (χ2v) is 6.83. The number of aromatic nitrogens is 1. The lowest BCUT2D eigenvalue weighted by Gasteiger charge is -2.27. The summed E-state index contributed by atoms with van der Waals surface area (Å²) in [5.41, 5.74) is 11.5. The number of hydrogen-bond donors (Lipinski definition) is 1. The van der Waals surface area contributed by atoms with Gasteiger partial charge in [0.25, 0.3) is 0 Å². The zero-order valence-electron chi connectivity index (χ0n) is 12.1. The summed E-state index contributed by atoms with van der Waals surface area (Å²) in [6.07, 6.45) is 0. The predicted molar refractivity (Wildman–Crippen MR) is 89.0 cm³/mol. The number of rotatable bonds is 5. The zero-order chi connectivity index (χ0) is 14.7. The highest BCUT2D eigenvalue weighted by Crippen LogP contribution is 2.26. The van der Waals surface area contributed by atoms with Crippen molar-refractivity contribution in [3.63, 3.8) is 0 Å². The van der Waals surface area contributed by atoms with Crippen LogP contribution in [0.3, 0.4) is 0 Å². The Morgan fingerprint density at radius 3 is 2.70 bits per heavy atom. The van der Waals surface area contributed by atoms with E-state index < -0.39 is 0 Å². The van der Waals surface area contributed by atoms with Crippen LogP contribution in [0.1, 0.15) is 27.7 Å². The molecule has 0 radical (unpaired) electrons. The van der Waals surface area contributed by atoms with E-state index in [0.717, 1.165) is 16.7 Å². The molecule has 0 saturated carbocycles. The predicted octanol–water partition coefficient (Wildman–Crippen LogP) is 3.65. The van der Waals surface area contributed by atoms with Crippen molar-refractivity contribution in [2.24, 2.45) is 5.73 Å². The fourth-order valence-electron chi connectivity index (χ4n) is 2.26. The molecule has 2 aromatic rings. The van der Waals surface area contributed by atoms with Gasteiger partial charge in [-0.15, -0.1) is 11.3 Å². The smallest absolute Gasteiger partial charge is 0.0798 e. The second kappa shape index (κ2) is 6.80. The van der Waals surface area contributed by atoms with Crippen molar-refractivity contribution in [1.82, 2.24) is 9.88 Å². The number of likely N-dealkylation sites (N-methyl/N-ethyl adjacent to an activating group) is 1. The van der Waals surface area contributed by atoms with Crippen LogP contribution in [0.5, 0.6) is 0 Å². The van der Waals surface area contributed by atoms with Crippen molar-refractivity contribution in [2.75, 3.05) is 13.6 Å². The third-order valence-corrected chi connectivity index (χ3v) is 5.37. The minimum atomic E-state index is 0.225. The summed E-state index contributed by atoms with van der Waals surface area (Å²) in [5, 5.41) is 0. The van der Waals surface area contributed by atoms with Gasteiger partial charge in [0, 0.05) is 28.5 Å². The Kier molecular flexibility index (Phi) is 5.32. The number of aryl methyl sites for hydroxylation is 2. The Morgan fingerprint density at radius 2 is 2.15 bits per heavy atom. The zero-order valence-corrected chi connectivity index (χ0v) is 14.5. The fourth-order valence-corrected chi connectivity index (χ4v) is 3.35. The lowest BCUT2D eigenvalue weighted by molar-refractivity contribution is 0.243. The highest BCUT2D eigenvalue weighted by molar-refractivity contribution is 9.10. The summed E-state index contributed by atoms with van der Waals surface area (Å²) in [6.45, 7) is 5.65. The molecule has 1 atom stereocenters. The highest BCUT2D eigenvalue weighted by Gasteiger charge is 2.17. The quantitative estimate of drug-likeness (QED) is 0.891. The van der Waals surface area contributed by atoms with E-state index in [4.69, 9.17) is 5.73 Å². The minimum absolute atomic E-state index is 0.225. The summed E-state index contributed by atoms with van der Waals surface area (Å²) in [4.78, 5) is 7.91. The van der Waals surface area contributed by atoms with Gasteiger partial charge >= 0.3 is 0 Å². The van der Waals surface area contributed by atoms with E-state index in [-0.39, 0.29) is 6.04 Å². The lowest BCUT2D eigenvalue weighted by Crippen LogP contribution is -2.30. The minimum Gasteiger partial charge on any atom is -0.329 e. The van der Waals surface area contributed by atoms with Crippen LogP contribution in [0.4, 0.5) is 0 Å². The molecule has 1 aromatic carbocycles. The van der Waals surface area contributed by atoms with Crippen LogP contribution in [0.15, 0.2) is 28.2 Å². The molecule has 0 aliphatic carbocycles. The van der Waals surface area contributed by atoms with Crippen LogP contribution in [-0.4, -0.2) is 23.5 Å². The van der Waals surface area contributed by atoms with E-state index in [0.29, 0.717) is 6.54 Å². The number of benzene rings is 1. The number of halogens is 1. The van der Waals surface area contributed by atoms with Crippen LogP contribution < -0.4 is 5.73 Å². The van der Waals surface area contributed by atoms with Crippen LogP contribution in [0.25, 0.3) is 0 Å². The Hall–Kier alpha value is -0.750. The molecule has 0 fully saturated rings. The van der Waals surface area contributed by atoms with Crippen molar-refractivity contribution in [3.05, 3.63) is 49.9 Å². The van der Waals surface area contributed by atoms with Gasteiger partial charge in [-0.25, -0.2) is 4.98 Å². The third kappa shape index (κ3) is 3.47. The molecular weight excluding hydrogens is 334 g/mol. The normalized spacial score (nSPS) is 12.9. The molecule has 0 amide bonds. The van der Waals surface area contributed by atoms with Crippen molar-refractivity contribution in [1.29, 1.82) is 0 Å². The first-order valence-electron chi connectivity index (χ1n) is 6.58. The van der Waals surface area contributed by atoms with Gasteiger partial charge in [0.05, 0.1) is 11.2 Å². The van der Waals surface area contributed by atoms with Crippen LogP contribution in [0, 0.1) is 13.8 Å². The van der Waals surface area contributed by atoms with Crippen molar-refractivity contribution >= 4 is 27.3 Å². The van der Waals surface area contributed by atoms with Gasteiger partial charge in [-0.3, -0.25) is 4.90 Å². The first kappa shape index (κ1) is 15.6. The molecular formula is C15H20BrN3S. The van der Waals surface area contributed by atoms with Crippen molar-refractivity contribution < 1.29 is 0 Å². The molecule has 1 heterocycles. The van der Waals surface area contributed by atoms with E-state index in [1.165, 1.54) is 16.0 Å². The number of nitrogens with zero attached hydrogens (tertiary/aromatic N) is 2. The first-order valence-corrected chi connectivity index (χ1v) is 8.25. The molecule has 1 unspecified atom stereocenters. The molecule has 3 nitrogen and oxygen atoms in total. The third-order valence-electron chi connectivity index (χ3n) is 3.56. The average Bonchev–Trinajstić information content (AvgIpc) is 2.80. The van der Waals surface area contributed by atoms with Gasteiger partial charge in [-0.05, 0) is 38.1 Å². The highest BCUT2D eigenvalue weighted by atomic mass is 79.9. The molecule has 20 heavy (non-hydrogen) atoms. The van der Waals surface area contributed by atoms with Gasteiger partial charge in [-0.2, -0.15) is 0 Å². The van der Waals surface area contributed by atoms with E-state index >= 15 is 0 Å². The van der Waals surface area contributed by atoms with Crippen LogP contribution in [-0.2, 0) is 6.54 Å². The average molecular weight is 354 g/mol. The molecule has 0 aliphatic rings. The standard InChI is InChI=1S/C15H20BrN3S/c1-10-6-12(4-5-13(10)16)14(7-17)19(3)8-15-11(2)18-9-20-15/h4-6,9,14H,7-8,17H2,1-3H3. The molecule has 0 aliphatic heterocycles. The van der Waals surface area contributed by atoms with Crippen LogP contribution in [0.2, 0.25) is 0 Å². The summed E-state index contributed by atoms with van der Waals surface area (Å²) < 4.78 is 1.14. The van der Waals surface area contributed by atoms with E-state index in [1.807, 2.05) is 5.51 Å². The molecule has 0 spiro atoms. The molecule has 108 valence electrons. The summed E-state index contributed by atoms with van der Waals surface area (Å²) in [6, 6.07) is 6.67. The molecule has 2 N–H and O–H groups in total. The fraction of sp³-hybridized carbons (Fsp3) is 0.400. The Balaban J connectivity index is 2.18. The molecule has 0 bridgehead atoms. The van der Waals surface area contributed by atoms with Crippen LogP contribution >= 0.6 is 27.3 Å². The van der Waals surface area contributed by atoms with Gasteiger partial charge in [0.2, 0.25) is 0 Å². The van der Waals surface area contributed by atoms with Crippen molar-refractivity contribution in [2.45, 2.75) is 26.4 Å². The monoisotopic (exact) mass is 353 g/mol. The SMILES string of the molecule is Cc1cc(C(CN)N(C)Cc2scnc2C)ccc1Br. The maximum Gasteiger partial charge on any atom is 0.0798 e. The Bertz CT molecular complexity index is 582. The second-order valence-electron chi connectivity index (χ2n) is 5.04. The first-order chi connectivity index (χ1) is 9.52. The summed E-state index contributed by atoms with van der Waals surface area (Å²) >= 11 is 5.25. The molecule has 0 saturated heterocycles. The lowest BCUT2D eigenvalue weighted by atomic mass is 10.0. The molecule has 2 rings (SSSR count). The van der Waals surface area contributed by atoms with Crippen molar-refractivity contribution in [3.8, 4) is 0 Å². The number of hydrogen-bond acceptors (Lipinski definition) is 4. The Labute approximate surface area is 133 Å². The topological polar surface area (TPSA) is 42.1 Å². The number of thiazole rings is 1. The van der Waals surface area contributed by atoms with E-state index in [1.54, 1.807) is 11.3 Å². The van der Waals surface area contributed by atoms with Gasteiger partial charge in [0.1, 0.15) is 0 Å². The maximum absolute atomic E-state index is 6.00. The summed E-state index contributed by atoms with van der Waals surface area (Å²) in [7, 11) is 2.12. The largest absolute Gasteiger partial charge is 0.329 e. The maximum atomic E-state index is 6.00. The molecule has 5 heteroatoms. The van der Waals surface area contributed by atoms with Gasteiger partial charge in [-0.1, -0.05) is 28.1 Å². The Morgan fingerprint density at radius 1 is 1.40 bits per heavy atom. The number of nitrogens with two attached hydrogens (primary N) is 1. The molecule has 1 aromatic heterocycles. The van der Waals surface area contributed by atoms with Gasteiger partial charge < -0.3 is 5.73 Å². The van der Waals surface area contributed by atoms with E-state index in [2.05, 4.69) is 64.9 Å². The summed E-state index contributed by atoms with van der Waals surface area (Å²) in [5.74, 6) is 0. The van der Waals surface area contributed by atoms with E-state index in [9.17, 15) is 0 Å².